The summed E-state index contributed by atoms with van der Waals surface area (Å²) in [7, 11) is 1.61. The summed E-state index contributed by atoms with van der Waals surface area (Å²) in [4.78, 5) is 8.93. The van der Waals surface area contributed by atoms with Crippen molar-refractivity contribution in [2.45, 2.75) is 11.8 Å². The summed E-state index contributed by atoms with van der Waals surface area (Å²) in [5.41, 5.74) is 7.60. The van der Waals surface area contributed by atoms with E-state index in [1.54, 1.807) is 25.3 Å². The highest BCUT2D eigenvalue weighted by atomic mass is 32.2. The molecule has 0 aliphatic heterocycles. The van der Waals surface area contributed by atoms with Crippen LogP contribution in [-0.4, -0.2) is 17.1 Å². The number of hydrogen-bond acceptors (Lipinski definition) is 6. The molecule has 3 aromatic carbocycles. The summed E-state index contributed by atoms with van der Waals surface area (Å²) < 4.78 is 38.0. The lowest BCUT2D eigenvalue weighted by atomic mass is 10.0. The number of nitrogens with zero attached hydrogens (tertiary/aromatic N) is 2. The Bertz CT molecular complexity index is 1250. The third-order valence-corrected chi connectivity index (χ3v) is 5.43. The predicted octanol–water partition coefficient (Wildman–Crippen LogP) is 5.59. The van der Waals surface area contributed by atoms with E-state index in [2.05, 4.69) is 14.7 Å². The summed E-state index contributed by atoms with van der Waals surface area (Å²) in [6.07, 6.45) is 1.53. The number of aromatic nitrogens is 2. The van der Waals surface area contributed by atoms with Crippen molar-refractivity contribution in [2.24, 2.45) is 0 Å². The van der Waals surface area contributed by atoms with Gasteiger partial charge in [-0.1, -0.05) is 6.07 Å². The van der Waals surface area contributed by atoms with Crippen molar-refractivity contribution >= 4 is 34.5 Å². The number of aryl methyl sites for hydroxylation is 1. The maximum Gasteiger partial charge on any atom is 0.220 e. The van der Waals surface area contributed by atoms with E-state index >= 15 is 4.39 Å². The first kappa shape index (κ1) is 19.9. The van der Waals surface area contributed by atoms with E-state index in [0.29, 0.717) is 16.5 Å². The molecule has 5 nitrogen and oxygen atoms in total. The molecule has 0 bridgehead atoms. The SMILES string of the molecule is COc1ccc(SNc2ccc(F)c(-c3ccc4nc(N)ncc4c3)c2F)cc1C. The molecule has 152 valence electrons. The molecule has 1 aromatic heterocycles. The highest BCUT2D eigenvalue weighted by Crippen LogP contribution is 2.34. The van der Waals surface area contributed by atoms with Gasteiger partial charge in [0.2, 0.25) is 5.95 Å². The van der Waals surface area contributed by atoms with Gasteiger partial charge in [-0.25, -0.2) is 18.7 Å². The molecule has 0 fully saturated rings. The van der Waals surface area contributed by atoms with Gasteiger partial charge in [0, 0.05) is 16.5 Å². The van der Waals surface area contributed by atoms with Crippen molar-refractivity contribution in [3.63, 3.8) is 0 Å². The molecule has 0 unspecified atom stereocenters. The van der Waals surface area contributed by atoms with Crippen molar-refractivity contribution in [1.29, 1.82) is 0 Å². The lowest BCUT2D eigenvalue weighted by molar-refractivity contribution is 0.411. The Hall–Kier alpha value is -3.39. The number of benzene rings is 3. The minimum atomic E-state index is -0.677. The molecule has 0 aliphatic rings. The highest BCUT2D eigenvalue weighted by Gasteiger charge is 2.17. The van der Waals surface area contributed by atoms with Crippen molar-refractivity contribution in [3.05, 3.63) is 71.9 Å². The molecular formula is C22H18F2N4OS. The normalized spacial score (nSPS) is 10.9. The molecule has 0 amide bonds. The van der Waals surface area contributed by atoms with Crippen molar-refractivity contribution in [3.8, 4) is 16.9 Å². The Balaban J connectivity index is 1.65. The van der Waals surface area contributed by atoms with E-state index in [1.165, 1.54) is 30.3 Å². The van der Waals surface area contributed by atoms with Crippen LogP contribution < -0.4 is 15.2 Å². The smallest absolute Gasteiger partial charge is 0.220 e. The quantitative estimate of drug-likeness (QED) is 0.407. The Morgan fingerprint density at radius 2 is 1.90 bits per heavy atom. The molecule has 0 radical (unpaired) electrons. The van der Waals surface area contributed by atoms with Gasteiger partial charge in [-0.2, -0.15) is 0 Å². The first-order valence-electron chi connectivity index (χ1n) is 9.04. The van der Waals surface area contributed by atoms with E-state index in [0.717, 1.165) is 16.2 Å². The Morgan fingerprint density at radius 3 is 2.67 bits per heavy atom. The minimum absolute atomic E-state index is 0.120. The number of nitrogens with two attached hydrogens (primary N) is 1. The van der Waals surface area contributed by atoms with Crippen LogP contribution in [0.15, 0.2) is 59.6 Å². The van der Waals surface area contributed by atoms with Gasteiger partial charge in [0.25, 0.3) is 0 Å². The highest BCUT2D eigenvalue weighted by molar-refractivity contribution is 8.00. The number of ether oxygens (including phenoxy) is 1. The third kappa shape index (κ3) is 3.86. The van der Waals surface area contributed by atoms with Crippen molar-refractivity contribution < 1.29 is 13.5 Å². The zero-order chi connectivity index (χ0) is 21.3. The van der Waals surface area contributed by atoms with E-state index in [4.69, 9.17) is 10.5 Å². The van der Waals surface area contributed by atoms with Gasteiger partial charge in [-0.3, -0.25) is 0 Å². The predicted molar refractivity (Wildman–Crippen MR) is 117 cm³/mol. The Morgan fingerprint density at radius 1 is 1.07 bits per heavy atom. The summed E-state index contributed by atoms with van der Waals surface area (Å²) >= 11 is 1.23. The number of methoxy groups -OCH3 is 1. The first-order chi connectivity index (χ1) is 14.5. The van der Waals surface area contributed by atoms with Crippen LogP contribution in [0, 0.1) is 18.6 Å². The average molecular weight is 424 g/mol. The molecule has 0 spiro atoms. The Labute approximate surface area is 176 Å². The van der Waals surface area contributed by atoms with E-state index in [9.17, 15) is 4.39 Å². The fourth-order valence-electron chi connectivity index (χ4n) is 3.13. The molecular weight excluding hydrogens is 406 g/mol. The van der Waals surface area contributed by atoms with E-state index in [1.807, 2.05) is 25.1 Å². The second-order valence-corrected chi connectivity index (χ2v) is 7.50. The fraction of sp³-hybridized carbons (Fsp3) is 0.0909. The number of halogens is 2. The van der Waals surface area contributed by atoms with Gasteiger partial charge >= 0.3 is 0 Å². The molecule has 8 heteroatoms. The lowest BCUT2D eigenvalue weighted by Crippen LogP contribution is -1.98. The number of rotatable bonds is 5. The van der Waals surface area contributed by atoms with Gasteiger partial charge in [0.15, 0.2) is 5.82 Å². The second kappa shape index (κ2) is 8.16. The summed E-state index contributed by atoms with van der Waals surface area (Å²) in [6.45, 7) is 1.93. The molecule has 1 heterocycles. The number of fused-ring (bicyclic) bond motifs is 1. The van der Waals surface area contributed by atoms with Gasteiger partial charge in [0.05, 0.1) is 23.9 Å². The monoisotopic (exact) mass is 424 g/mol. The van der Waals surface area contributed by atoms with E-state index in [-0.39, 0.29) is 17.2 Å². The number of anilines is 2. The molecule has 4 aromatic rings. The maximum absolute atomic E-state index is 15.2. The minimum Gasteiger partial charge on any atom is -0.496 e. The van der Waals surface area contributed by atoms with Crippen LogP contribution in [0.25, 0.3) is 22.0 Å². The van der Waals surface area contributed by atoms with Gasteiger partial charge < -0.3 is 15.2 Å². The van der Waals surface area contributed by atoms with Crippen LogP contribution in [0.1, 0.15) is 5.56 Å². The summed E-state index contributed by atoms with van der Waals surface area (Å²) in [5.74, 6) is -0.413. The summed E-state index contributed by atoms with van der Waals surface area (Å²) in [5, 5.41) is 0.641. The molecule has 0 saturated heterocycles. The largest absolute Gasteiger partial charge is 0.496 e. The average Bonchev–Trinajstić information content (AvgIpc) is 2.73. The van der Waals surface area contributed by atoms with Crippen LogP contribution >= 0.6 is 11.9 Å². The molecule has 0 aliphatic carbocycles. The molecule has 3 N–H and O–H groups in total. The zero-order valence-corrected chi connectivity index (χ0v) is 17.1. The lowest BCUT2D eigenvalue weighted by Gasteiger charge is -2.13. The van der Waals surface area contributed by atoms with Crippen molar-refractivity contribution in [1.82, 2.24) is 9.97 Å². The molecule has 0 saturated carbocycles. The third-order valence-electron chi connectivity index (χ3n) is 4.62. The van der Waals surface area contributed by atoms with Crippen LogP contribution in [0.5, 0.6) is 5.75 Å². The Kier molecular flexibility index (Phi) is 5.41. The van der Waals surface area contributed by atoms with Gasteiger partial charge in [-0.05, 0) is 72.5 Å². The summed E-state index contributed by atoms with van der Waals surface area (Å²) in [6, 6.07) is 13.2. The topological polar surface area (TPSA) is 73.1 Å². The zero-order valence-electron chi connectivity index (χ0n) is 16.2. The number of nitrogen functional groups attached to an aromatic ring is 1. The molecule has 30 heavy (non-hydrogen) atoms. The van der Waals surface area contributed by atoms with Crippen LogP contribution in [0.3, 0.4) is 0 Å². The molecule has 4 rings (SSSR count). The fourth-order valence-corrected chi connectivity index (χ4v) is 3.88. The van der Waals surface area contributed by atoms with Gasteiger partial charge in [0.1, 0.15) is 11.6 Å². The first-order valence-corrected chi connectivity index (χ1v) is 9.86. The maximum atomic E-state index is 15.2. The van der Waals surface area contributed by atoms with E-state index < -0.39 is 11.6 Å². The van der Waals surface area contributed by atoms with Crippen LogP contribution in [0.4, 0.5) is 20.4 Å². The van der Waals surface area contributed by atoms with Crippen molar-refractivity contribution in [2.75, 3.05) is 17.6 Å². The van der Waals surface area contributed by atoms with Gasteiger partial charge in [-0.15, -0.1) is 0 Å². The standard InChI is InChI=1S/C22H18F2N4OS/c1-12-9-15(4-8-19(12)29-2)30-28-18-7-5-16(23)20(21(18)24)13-3-6-17-14(10-13)11-26-22(25)27-17/h3-11,28H,1-2H3,(H2,25,26,27). The second-order valence-electron chi connectivity index (χ2n) is 6.62. The molecule has 0 atom stereocenters. The van der Waals surface area contributed by atoms with Crippen LogP contribution in [0.2, 0.25) is 0 Å². The van der Waals surface area contributed by atoms with Crippen LogP contribution in [-0.2, 0) is 0 Å². The number of hydrogen-bond donors (Lipinski definition) is 2. The number of nitrogens with one attached hydrogen (secondary N) is 1.